The largest absolute Gasteiger partial charge is 0.469 e. The van der Waals surface area contributed by atoms with Gasteiger partial charge in [0.1, 0.15) is 11.3 Å². The summed E-state index contributed by atoms with van der Waals surface area (Å²) < 4.78 is 15.7. The number of methoxy groups -OCH3 is 1. The molecule has 0 aromatic carbocycles. The fraction of sp³-hybridized carbons (Fsp3) is 0.857. The molecule has 1 unspecified atom stereocenters. The summed E-state index contributed by atoms with van der Waals surface area (Å²) in [7, 11) is 1.35. The van der Waals surface area contributed by atoms with Gasteiger partial charge in [-0.3, -0.25) is 9.69 Å². The number of hydrogen-bond acceptors (Lipinski definition) is 5. The summed E-state index contributed by atoms with van der Waals surface area (Å²) in [6.07, 6.45) is 0.324. The van der Waals surface area contributed by atoms with Gasteiger partial charge in [-0.2, -0.15) is 0 Å². The summed E-state index contributed by atoms with van der Waals surface area (Å²) in [5.74, 6) is -0.293. The van der Waals surface area contributed by atoms with Crippen molar-refractivity contribution in [2.75, 3.05) is 13.7 Å². The number of ether oxygens (including phenoxy) is 3. The third kappa shape index (κ3) is 4.37. The molecule has 1 rings (SSSR count). The van der Waals surface area contributed by atoms with Crippen LogP contribution in [-0.2, 0) is 19.0 Å². The average Bonchev–Trinajstić information content (AvgIpc) is 2.59. The summed E-state index contributed by atoms with van der Waals surface area (Å²) in [4.78, 5) is 25.1. The Morgan fingerprint density at radius 1 is 1.35 bits per heavy atom. The van der Waals surface area contributed by atoms with E-state index in [0.29, 0.717) is 13.0 Å². The molecule has 1 aliphatic heterocycles. The molecule has 0 bridgehead atoms. The predicted octanol–water partition coefficient (Wildman–Crippen LogP) is 2.31. The van der Waals surface area contributed by atoms with Crippen LogP contribution < -0.4 is 0 Å². The Hall–Kier alpha value is -1.30. The van der Waals surface area contributed by atoms with Crippen LogP contribution in [0.5, 0.6) is 0 Å². The first-order valence-corrected chi connectivity index (χ1v) is 6.80. The van der Waals surface area contributed by atoms with Gasteiger partial charge < -0.3 is 14.2 Å². The van der Waals surface area contributed by atoms with Crippen LogP contribution in [0.15, 0.2) is 0 Å². The molecule has 6 heteroatoms. The summed E-state index contributed by atoms with van der Waals surface area (Å²) in [6, 6.07) is -0.182. The Kier molecular flexibility index (Phi) is 5.02. The van der Waals surface area contributed by atoms with Crippen LogP contribution in [-0.4, -0.2) is 48.0 Å². The van der Waals surface area contributed by atoms with Gasteiger partial charge in [0.25, 0.3) is 0 Å². The molecule has 6 nitrogen and oxygen atoms in total. The van der Waals surface area contributed by atoms with Crippen LogP contribution in [0.1, 0.15) is 47.5 Å². The van der Waals surface area contributed by atoms with Crippen molar-refractivity contribution in [2.24, 2.45) is 0 Å². The molecule has 1 aliphatic rings. The lowest BCUT2D eigenvalue weighted by Gasteiger charge is -2.35. The first kappa shape index (κ1) is 16.8. The molecule has 0 aromatic rings. The summed E-state index contributed by atoms with van der Waals surface area (Å²) in [6.45, 7) is 9.47. The zero-order chi connectivity index (χ0) is 15.6. The standard InChI is InChI=1S/C14H25NO5/c1-13(2,3)20-12(17)15-10(7-8-11(16)18-6)9-19-14(15,4)5/h10H,7-9H2,1-6H3. The van der Waals surface area contributed by atoms with Gasteiger partial charge in [0.05, 0.1) is 19.8 Å². The predicted molar refractivity (Wildman–Crippen MR) is 73.1 cm³/mol. The van der Waals surface area contributed by atoms with Gasteiger partial charge in [0.2, 0.25) is 0 Å². The number of carbonyl (C=O) groups is 2. The summed E-state index contributed by atoms with van der Waals surface area (Å²) >= 11 is 0. The van der Waals surface area contributed by atoms with Gasteiger partial charge in [0.15, 0.2) is 0 Å². The maximum atomic E-state index is 12.3. The van der Waals surface area contributed by atoms with Gasteiger partial charge >= 0.3 is 12.1 Å². The normalized spacial score (nSPS) is 21.7. The molecule has 1 saturated heterocycles. The second-order valence-electron chi connectivity index (χ2n) is 6.38. The van der Waals surface area contributed by atoms with E-state index >= 15 is 0 Å². The second-order valence-corrected chi connectivity index (χ2v) is 6.38. The van der Waals surface area contributed by atoms with Crippen LogP contribution in [0.2, 0.25) is 0 Å². The van der Waals surface area contributed by atoms with E-state index in [9.17, 15) is 9.59 Å². The first-order chi connectivity index (χ1) is 9.07. The number of rotatable bonds is 3. The zero-order valence-corrected chi connectivity index (χ0v) is 13.2. The molecule has 0 aromatic heterocycles. The lowest BCUT2D eigenvalue weighted by molar-refractivity contribution is -0.141. The molecule has 1 fully saturated rings. The molecule has 1 amide bonds. The van der Waals surface area contributed by atoms with E-state index in [1.165, 1.54) is 7.11 Å². The molecule has 0 radical (unpaired) electrons. The van der Waals surface area contributed by atoms with E-state index in [1.54, 1.807) is 4.90 Å². The molecule has 0 aliphatic carbocycles. The Morgan fingerprint density at radius 3 is 2.45 bits per heavy atom. The second kappa shape index (κ2) is 5.99. The molecule has 20 heavy (non-hydrogen) atoms. The highest BCUT2D eigenvalue weighted by atomic mass is 16.6. The van der Waals surface area contributed by atoms with Crippen molar-refractivity contribution in [1.29, 1.82) is 0 Å². The lowest BCUT2D eigenvalue weighted by Crippen LogP contribution is -2.49. The van der Waals surface area contributed by atoms with Gasteiger partial charge in [0, 0.05) is 6.42 Å². The average molecular weight is 287 g/mol. The number of esters is 1. The quantitative estimate of drug-likeness (QED) is 0.745. The molecule has 1 heterocycles. The molecule has 116 valence electrons. The highest BCUT2D eigenvalue weighted by molar-refractivity contribution is 5.71. The maximum absolute atomic E-state index is 12.3. The first-order valence-electron chi connectivity index (χ1n) is 6.80. The SMILES string of the molecule is COC(=O)CCC1COC(C)(C)N1C(=O)OC(C)(C)C. The van der Waals surface area contributed by atoms with Crippen LogP contribution in [0.25, 0.3) is 0 Å². The summed E-state index contributed by atoms with van der Waals surface area (Å²) in [5, 5.41) is 0. The van der Waals surface area contributed by atoms with Crippen LogP contribution >= 0.6 is 0 Å². The van der Waals surface area contributed by atoms with Crippen molar-refractivity contribution in [3.8, 4) is 0 Å². The Bertz CT molecular complexity index is 372. The van der Waals surface area contributed by atoms with Crippen molar-refractivity contribution in [2.45, 2.75) is 64.8 Å². The van der Waals surface area contributed by atoms with Crippen molar-refractivity contribution >= 4 is 12.1 Å². The van der Waals surface area contributed by atoms with E-state index in [2.05, 4.69) is 4.74 Å². The molecule has 1 atom stereocenters. The van der Waals surface area contributed by atoms with Crippen molar-refractivity contribution < 1.29 is 23.8 Å². The van der Waals surface area contributed by atoms with E-state index in [-0.39, 0.29) is 18.4 Å². The molecule has 0 spiro atoms. The Morgan fingerprint density at radius 2 is 1.95 bits per heavy atom. The topological polar surface area (TPSA) is 65.1 Å². The van der Waals surface area contributed by atoms with Crippen molar-refractivity contribution in [3.63, 3.8) is 0 Å². The van der Waals surface area contributed by atoms with Gasteiger partial charge in [-0.15, -0.1) is 0 Å². The van der Waals surface area contributed by atoms with Gasteiger partial charge in [-0.05, 0) is 41.0 Å². The minimum Gasteiger partial charge on any atom is -0.469 e. The lowest BCUT2D eigenvalue weighted by atomic mass is 10.1. The van der Waals surface area contributed by atoms with E-state index in [0.717, 1.165) is 0 Å². The monoisotopic (exact) mass is 287 g/mol. The molecule has 0 saturated carbocycles. The number of carbonyl (C=O) groups excluding carboxylic acids is 2. The molecule has 0 N–H and O–H groups in total. The van der Waals surface area contributed by atoms with Crippen LogP contribution in [0.4, 0.5) is 4.79 Å². The van der Waals surface area contributed by atoms with Gasteiger partial charge in [-0.25, -0.2) is 4.79 Å². The van der Waals surface area contributed by atoms with Crippen molar-refractivity contribution in [1.82, 2.24) is 4.90 Å². The Labute approximate surface area is 120 Å². The Balaban J connectivity index is 2.75. The maximum Gasteiger partial charge on any atom is 0.412 e. The number of hydrogen-bond donors (Lipinski definition) is 0. The highest BCUT2D eigenvalue weighted by Gasteiger charge is 2.45. The van der Waals surface area contributed by atoms with Crippen LogP contribution in [0.3, 0.4) is 0 Å². The van der Waals surface area contributed by atoms with E-state index in [1.807, 2.05) is 34.6 Å². The van der Waals surface area contributed by atoms with E-state index < -0.39 is 17.4 Å². The minimum atomic E-state index is -0.733. The minimum absolute atomic E-state index is 0.182. The highest BCUT2D eigenvalue weighted by Crippen LogP contribution is 2.31. The van der Waals surface area contributed by atoms with Crippen molar-refractivity contribution in [3.05, 3.63) is 0 Å². The van der Waals surface area contributed by atoms with E-state index in [4.69, 9.17) is 9.47 Å². The third-order valence-electron chi connectivity index (χ3n) is 3.07. The summed E-state index contributed by atoms with van der Waals surface area (Å²) in [5.41, 5.74) is -1.30. The number of nitrogens with zero attached hydrogens (tertiary/aromatic N) is 1. The zero-order valence-electron chi connectivity index (χ0n) is 13.2. The van der Waals surface area contributed by atoms with Crippen LogP contribution in [0, 0.1) is 0 Å². The van der Waals surface area contributed by atoms with Gasteiger partial charge in [-0.1, -0.05) is 0 Å². The molecular weight excluding hydrogens is 262 g/mol. The smallest absolute Gasteiger partial charge is 0.412 e. The number of amides is 1. The fourth-order valence-electron chi connectivity index (χ4n) is 2.16. The third-order valence-corrected chi connectivity index (χ3v) is 3.07. The molecular formula is C14H25NO5. The fourth-order valence-corrected chi connectivity index (χ4v) is 2.16.